The molecule has 2 aliphatic rings. The fraction of sp³-hybridized carbons (Fsp3) is 0.591. The molecule has 1 N–H and O–H groups in total. The van der Waals surface area contributed by atoms with Gasteiger partial charge in [0.2, 0.25) is 0 Å². The number of halogens is 1. The van der Waals surface area contributed by atoms with Crippen molar-refractivity contribution in [2.75, 3.05) is 31.1 Å². The maximum atomic E-state index is 14.0. The monoisotopic (exact) mass is 373 g/mol. The van der Waals surface area contributed by atoms with Crippen LogP contribution in [-0.4, -0.2) is 42.6 Å². The van der Waals surface area contributed by atoms with E-state index in [2.05, 4.69) is 30.1 Å². The van der Waals surface area contributed by atoms with Crippen molar-refractivity contribution in [2.24, 2.45) is 0 Å². The highest BCUT2D eigenvalue weighted by Gasteiger charge is 2.46. The number of urea groups is 1. The molecule has 5 heteroatoms. The molecule has 0 aromatic heterocycles. The molecular weight excluding hydrogens is 341 g/mol. The number of hydrogen-bond acceptors (Lipinski definition) is 2. The summed E-state index contributed by atoms with van der Waals surface area (Å²) in [6.45, 7) is 13.7. The number of carbonyl (C=O) groups is 1. The molecule has 1 spiro atoms. The SMILES string of the molecule is CC(C)=CCN1CCC2(CC1)CN(C(=O)NC(C)(C)C)c1ccc(F)cc12. The number of allylic oxidation sites excluding steroid dienone is 1. The Morgan fingerprint density at radius 2 is 1.93 bits per heavy atom. The van der Waals surface area contributed by atoms with Crippen LogP contribution in [0, 0.1) is 5.82 Å². The normalized spacial score (nSPS) is 19.1. The van der Waals surface area contributed by atoms with Gasteiger partial charge in [-0.3, -0.25) is 9.80 Å². The number of likely N-dealkylation sites (tertiary alicyclic amines) is 1. The molecule has 2 heterocycles. The van der Waals surface area contributed by atoms with Gasteiger partial charge >= 0.3 is 6.03 Å². The third kappa shape index (κ3) is 4.34. The topological polar surface area (TPSA) is 35.6 Å². The number of rotatable bonds is 2. The molecule has 0 saturated carbocycles. The van der Waals surface area contributed by atoms with Gasteiger partial charge in [-0.2, -0.15) is 0 Å². The minimum absolute atomic E-state index is 0.0980. The molecule has 2 amide bonds. The number of piperidine rings is 1. The summed E-state index contributed by atoms with van der Waals surface area (Å²) in [6, 6.07) is 4.76. The van der Waals surface area contributed by atoms with Crippen LogP contribution in [0.2, 0.25) is 0 Å². The van der Waals surface area contributed by atoms with Crippen LogP contribution in [0.15, 0.2) is 29.8 Å². The van der Waals surface area contributed by atoms with Gasteiger partial charge in [-0.25, -0.2) is 9.18 Å². The number of benzene rings is 1. The number of hydrogen-bond donors (Lipinski definition) is 1. The quantitative estimate of drug-likeness (QED) is 0.777. The van der Waals surface area contributed by atoms with Crippen molar-refractivity contribution in [3.63, 3.8) is 0 Å². The number of carbonyl (C=O) groups excluding carboxylic acids is 1. The van der Waals surface area contributed by atoms with Crippen molar-refractivity contribution < 1.29 is 9.18 Å². The largest absolute Gasteiger partial charge is 0.333 e. The van der Waals surface area contributed by atoms with E-state index in [1.807, 2.05) is 25.7 Å². The molecule has 0 atom stereocenters. The molecule has 1 aromatic rings. The third-order valence-corrected chi connectivity index (χ3v) is 5.58. The minimum atomic E-state index is -0.305. The maximum absolute atomic E-state index is 14.0. The first-order valence-electron chi connectivity index (χ1n) is 9.85. The van der Waals surface area contributed by atoms with E-state index in [0.717, 1.165) is 43.7 Å². The van der Waals surface area contributed by atoms with Gasteiger partial charge in [-0.15, -0.1) is 0 Å². The van der Waals surface area contributed by atoms with Crippen LogP contribution in [0.4, 0.5) is 14.9 Å². The first kappa shape index (κ1) is 19.9. The van der Waals surface area contributed by atoms with Gasteiger partial charge < -0.3 is 5.32 Å². The standard InChI is InChI=1S/C22H32FN3O/c1-16(2)8-11-25-12-9-22(10-13-25)15-26(20(27)24-21(3,4)5)19-7-6-17(23)14-18(19)22/h6-8,14H,9-13,15H2,1-5H3,(H,24,27). The summed E-state index contributed by atoms with van der Waals surface area (Å²) in [5, 5.41) is 3.06. The molecule has 1 aromatic carbocycles. The molecule has 2 aliphatic heterocycles. The van der Waals surface area contributed by atoms with Gasteiger partial charge in [0.25, 0.3) is 0 Å². The lowest BCUT2D eigenvalue weighted by atomic mass is 9.74. The number of nitrogens with zero attached hydrogens (tertiary/aromatic N) is 2. The number of fused-ring (bicyclic) bond motifs is 2. The Morgan fingerprint density at radius 1 is 1.26 bits per heavy atom. The van der Waals surface area contributed by atoms with Gasteiger partial charge in [0, 0.05) is 29.7 Å². The first-order valence-corrected chi connectivity index (χ1v) is 9.85. The fourth-order valence-electron chi connectivity index (χ4n) is 4.11. The van der Waals surface area contributed by atoms with Crippen molar-refractivity contribution in [1.82, 2.24) is 10.2 Å². The van der Waals surface area contributed by atoms with Gasteiger partial charge in [0.1, 0.15) is 5.82 Å². The average molecular weight is 374 g/mol. The number of nitrogens with one attached hydrogen (secondary N) is 1. The Hall–Kier alpha value is -1.88. The van der Waals surface area contributed by atoms with Gasteiger partial charge in [0.05, 0.1) is 0 Å². The van der Waals surface area contributed by atoms with Crippen molar-refractivity contribution in [3.05, 3.63) is 41.2 Å². The highest BCUT2D eigenvalue weighted by molar-refractivity contribution is 5.95. The Balaban J connectivity index is 1.83. The molecule has 0 radical (unpaired) electrons. The summed E-state index contributed by atoms with van der Waals surface area (Å²) in [4.78, 5) is 17.1. The van der Waals surface area contributed by atoms with E-state index in [1.54, 1.807) is 12.1 Å². The fourth-order valence-corrected chi connectivity index (χ4v) is 4.11. The second-order valence-electron chi connectivity index (χ2n) is 9.29. The lowest BCUT2D eigenvalue weighted by Gasteiger charge is -2.39. The first-order chi connectivity index (χ1) is 12.6. The van der Waals surface area contributed by atoms with Gasteiger partial charge in [0.15, 0.2) is 0 Å². The summed E-state index contributed by atoms with van der Waals surface area (Å²) in [7, 11) is 0. The van der Waals surface area contributed by atoms with Gasteiger partial charge in [-0.1, -0.05) is 11.6 Å². The Bertz CT molecular complexity index is 738. The van der Waals surface area contributed by atoms with Crippen LogP contribution in [-0.2, 0) is 5.41 Å². The Kier molecular flexibility index (Phi) is 5.35. The summed E-state index contributed by atoms with van der Waals surface area (Å²) < 4.78 is 14.0. The molecule has 0 aliphatic carbocycles. The highest BCUT2D eigenvalue weighted by atomic mass is 19.1. The molecule has 3 rings (SSSR count). The molecular formula is C22H32FN3O. The zero-order valence-corrected chi connectivity index (χ0v) is 17.2. The lowest BCUT2D eigenvalue weighted by Crippen LogP contribution is -2.51. The number of amides is 2. The lowest BCUT2D eigenvalue weighted by molar-refractivity contribution is 0.179. The Morgan fingerprint density at radius 3 is 2.52 bits per heavy atom. The van der Waals surface area contributed by atoms with Crippen LogP contribution in [0.25, 0.3) is 0 Å². The molecule has 4 nitrogen and oxygen atoms in total. The van der Waals surface area contributed by atoms with Crippen molar-refractivity contribution in [2.45, 2.75) is 58.4 Å². The third-order valence-electron chi connectivity index (χ3n) is 5.58. The van der Waals surface area contributed by atoms with E-state index in [1.165, 1.54) is 11.6 Å². The van der Waals surface area contributed by atoms with E-state index in [9.17, 15) is 9.18 Å². The highest BCUT2D eigenvalue weighted by Crippen LogP contribution is 2.47. The second-order valence-corrected chi connectivity index (χ2v) is 9.29. The smallest absolute Gasteiger partial charge is 0.322 e. The summed E-state index contributed by atoms with van der Waals surface area (Å²) >= 11 is 0. The van der Waals surface area contributed by atoms with Gasteiger partial charge in [-0.05, 0) is 84.3 Å². The van der Waals surface area contributed by atoms with E-state index >= 15 is 0 Å². The summed E-state index contributed by atoms with van der Waals surface area (Å²) in [6.07, 6.45) is 4.14. The molecule has 148 valence electrons. The molecule has 27 heavy (non-hydrogen) atoms. The van der Waals surface area contributed by atoms with E-state index in [-0.39, 0.29) is 22.8 Å². The molecule has 1 fully saturated rings. The van der Waals surface area contributed by atoms with Crippen LogP contribution in [0.5, 0.6) is 0 Å². The van der Waals surface area contributed by atoms with Crippen LogP contribution in [0.3, 0.4) is 0 Å². The predicted molar refractivity (Wildman–Crippen MR) is 109 cm³/mol. The van der Waals surface area contributed by atoms with E-state index in [4.69, 9.17) is 0 Å². The molecule has 0 unspecified atom stereocenters. The zero-order valence-electron chi connectivity index (χ0n) is 17.2. The van der Waals surface area contributed by atoms with Crippen LogP contribution in [0.1, 0.15) is 53.0 Å². The van der Waals surface area contributed by atoms with E-state index in [0.29, 0.717) is 6.54 Å². The van der Waals surface area contributed by atoms with Crippen molar-refractivity contribution in [1.29, 1.82) is 0 Å². The summed E-state index contributed by atoms with van der Waals surface area (Å²) in [5.41, 5.74) is 2.73. The van der Waals surface area contributed by atoms with Crippen LogP contribution < -0.4 is 10.2 Å². The second kappa shape index (κ2) is 7.27. The molecule has 0 bridgehead atoms. The molecule has 1 saturated heterocycles. The zero-order chi connectivity index (χ0) is 19.8. The van der Waals surface area contributed by atoms with Crippen LogP contribution >= 0.6 is 0 Å². The van der Waals surface area contributed by atoms with E-state index < -0.39 is 0 Å². The van der Waals surface area contributed by atoms with Crippen molar-refractivity contribution in [3.8, 4) is 0 Å². The predicted octanol–water partition coefficient (Wildman–Crippen LogP) is 4.45. The maximum Gasteiger partial charge on any atom is 0.322 e. The minimum Gasteiger partial charge on any atom is -0.333 e. The van der Waals surface area contributed by atoms with Crippen molar-refractivity contribution >= 4 is 11.7 Å². The Labute approximate surface area is 162 Å². The summed E-state index contributed by atoms with van der Waals surface area (Å²) in [5.74, 6) is -0.224. The average Bonchev–Trinajstić information content (AvgIpc) is 2.87. The number of anilines is 1.